The molecular weight excluding hydrogens is 364 g/mol. The molecule has 4 heteroatoms. The quantitative estimate of drug-likeness (QED) is 0.631. The van der Waals surface area contributed by atoms with E-state index < -0.39 is 5.97 Å². The van der Waals surface area contributed by atoms with E-state index in [1.807, 2.05) is 0 Å². The van der Waals surface area contributed by atoms with Gasteiger partial charge in [-0.15, -0.1) is 0 Å². The van der Waals surface area contributed by atoms with Crippen LogP contribution >= 0.6 is 0 Å². The lowest BCUT2D eigenvalue weighted by Crippen LogP contribution is -2.61. The summed E-state index contributed by atoms with van der Waals surface area (Å²) in [6.45, 7) is 9.41. The summed E-state index contributed by atoms with van der Waals surface area (Å²) in [5.41, 5.74) is 0.480. The highest BCUT2D eigenvalue weighted by molar-refractivity contribution is 5.66. The average molecular weight is 407 g/mol. The van der Waals surface area contributed by atoms with Crippen LogP contribution in [-0.2, 0) is 4.79 Å². The number of aliphatic hydroxyl groups excluding tert-OH is 2. The minimum Gasteiger partial charge on any atom is -0.481 e. The minimum absolute atomic E-state index is 0.195. The van der Waals surface area contributed by atoms with Gasteiger partial charge in [-0.05, 0) is 104 Å². The number of hydrogen-bond acceptors (Lipinski definition) is 3. The fourth-order valence-electron chi connectivity index (χ4n) is 9.18. The number of aliphatic carboxylic acids is 1. The highest BCUT2D eigenvalue weighted by Gasteiger charge is 2.64. The molecule has 0 bridgehead atoms. The zero-order valence-corrected chi connectivity index (χ0v) is 18.8. The molecule has 0 aromatic carbocycles. The lowest BCUT2D eigenvalue weighted by atomic mass is 9.42. The molecule has 166 valence electrons. The zero-order chi connectivity index (χ0) is 21.1. The van der Waals surface area contributed by atoms with Crippen LogP contribution in [0.15, 0.2) is 0 Å². The third-order valence-electron chi connectivity index (χ3n) is 10.7. The number of carboxylic acids is 1. The molecule has 4 nitrogen and oxygen atoms in total. The number of aliphatic hydroxyl groups is 2. The smallest absolute Gasteiger partial charge is 0.303 e. The molecule has 0 radical (unpaired) electrons. The van der Waals surface area contributed by atoms with Crippen molar-refractivity contribution in [3.8, 4) is 0 Å². The first-order valence-electron chi connectivity index (χ1n) is 12.2. The van der Waals surface area contributed by atoms with Gasteiger partial charge in [-0.25, -0.2) is 0 Å². The van der Waals surface area contributed by atoms with E-state index in [1.165, 1.54) is 25.7 Å². The van der Waals surface area contributed by atoms with E-state index in [-0.39, 0.29) is 35.4 Å². The maximum Gasteiger partial charge on any atom is 0.303 e. The Hall–Kier alpha value is -0.610. The first-order valence-corrected chi connectivity index (χ1v) is 12.2. The van der Waals surface area contributed by atoms with Crippen molar-refractivity contribution in [2.45, 2.75) is 97.7 Å². The Labute approximate surface area is 176 Å². The molecule has 11 atom stereocenters. The van der Waals surface area contributed by atoms with Crippen LogP contribution < -0.4 is 0 Å². The van der Waals surface area contributed by atoms with Crippen LogP contribution in [0.2, 0.25) is 0 Å². The van der Waals surface area contributed by atoms with Crippen LogP contribution in [0.4, 0.5) is 0 Å². The normalized spacial score (nSPS) is 52.9. The summed E-state index contributed by atoms with van der Waals surface area (Å²) in [5, 5.41) is 31.0. The lowest BCUT2D eigenvalue weighted by molar-refractivity contribution is -0.199. The molecule has 4 rings (SSSR count). The standard InChI is InChI=1S/C25H42O4/c1-14(5-8-21(27)28)17-6-7-18-22-19(10-12-24(17,18)3)25(4)11-9-16(26)13-20(25)15(2)23(22)29/h14-20,22-23,26,29H,5-13H2,1-4H3,(H,27,28)/t14?,15-,16-,17-,18?,19?,20+,22?,23?,24-,25-/m1/s1. The van der Waals surface area contributed by atoms with Gasteiger partial charge in [-0.3, -0.25) is 4.79 Å². The highest BCUT2D eigenvalue weighted by Crippen LogP contribution is 2.69. The summed E-state index contributed by atoms with van der Waals surface area (Å²) in [6, 6.07) is 0. The van der Waals surface area contributed by atoms with Gasteiger partial charge in [0.25, 0.3) is 0 Å². The van der Waals surface area contributed by atoms with Crippen LogP contribution in [0, 0.1) is 52.3 Å². The molecule has 0 amide bonds. The highest BCUT2D eigenvalue weighted by atomic mass is 16.4. The average Bonchev–Trinajstić information content (AvgIpc) is 3.02. The van der Waals surface area contributed by atoms with Gasteiger partial charge >= 0.3 is 5.97 Å². The Morgan fingerprint density at radius 2 is 1.66 bits per heavy atom. The molecule has 5 unspecified atom stereocenters. The minimum atomic E-state index is -0.685. The third kappa shape index (κ3) is 3.28. The van der Waals surface area contributed by atoms with Crippen LogP contribution in [0.25, 0.3) is 0 Å². The Morgan fingerprint density at radius 3 is 2.34 bits per heavy atom. The second kappa shape index (κ2) is 7.51. The number of fused-ring (bicyclic) bond motifs is 5. The summed E-state index contributed by atoms with van der Waals surface area (Å²) in [5.74, 6) is 2.50. The van der Waals surface area contributed by atoms with E-state index in [4.69, 9.17) is 5.11 Å². The maximum absolute atomic E-state index is 11.5. The summed E-state index contributed by atoms with van der Waals surface area (Å²) >= 11 is 0. The predicted molar refractivity (Wildman–Crippen MR) is 113 cm³/mol. The number of rotatable bonds is 4. The monoisotopic (exact) mass is 406 g/mol. The van der Waals surface area contributed by atoms with Crippen molar-refractivity contribution in [1.82, 2.24) is 0 Å². The summed E-state index contributed by atoms with van der Waals surface area (Å²) in [4.78, 5) is 11.1. The Kier molecular flexibility index (Phi) is 5.60. The van der Waals surface area contributed by atoms with Gasteiger partial charge < -0.3 is 15.3 Å². The van der Waals surface area contributed by atoms with Gasteiger partial charge in [-0.1, -0.05) is 27.7 Å². The van der Waals surface area contributed by atoms with Gasteiger partial charge in [0.1, 0.15) is 0 Å². The summed E-state index contributed by atoms with van der Waals surface area (Å²) in [7, 11) is 0. The molecule has 4 saturated carbocycles. The van der Waals surface area contributed by atoms with Crippen LogP contribution in [-0.4, -0.2) is 33.5 Å². The fraction of sp³-hybridized carbons (Fsp3) is 0.960. The lowest BCUT2D eigenvalue weighted by Gasteiger charge is -2.64. The van der Waals surface area contributed by atoms with E-state index in [2.05, 4.69) is 27.7 Å². The van der Waals surface area contributed by atoms with Gasteiger partial charge in [0.05, 0.1) is 12.2 Å². The molecule has 4 aliphatic carbocycles. The molecule has 0 spiro atoms. The molecule has 29 heavy (non-hydrogen) atoms. The molecular formula is C25H42O4. The second-order valence-corrected chi connectivity index (χ2v) is 11.8. The predicted octanol–water partition coefficient (Wildman–Crippen LogP) is 4.72. The van der Waals surface area contributed by atoms with Crippen LogP contribution in [0.3, 0.4) is 0 Å². The van der Waals surface area contributed by atoms with Gasteiger partial charge in [-0.2, -0.15) is 0 Å². The molecule has 0 aromatic rings. The Balaban J connectivity index is 1.59. The van der Waals surface area contributed by atoms with Crippen LogP contribution in [0.5, 0.6) is 0 Å². The maximum atomic E-state index is 11.5. The van der Waals surface area contributed by atoms with E-state index in [0.717, 1.165) is 25.7 Å². The topological polar surface area (TPSA) is 77.8 Å². The van der Waals surface area contributed by atoms with Crippen molar-refractivity contribution in [2.75, 3.05) is 0 Å². The van der Waals surface area contributed by atoms with Crippen LogP contribution in [0.1, 0.15) is 85.5 Å². The molecule has 0 heterocycles. The molecule has 4 fully saturated rings. The summed E-state index contributed by atoms with van der Waals surface area (Å²) < 4.78 is 0. The fourth-order valence-corrected chi connectivity index (χ4v) is 9.18. The number of hydrogen-bond donors (Lipinski definition) is 3. The molecule has 4 aliphatic rings. The second-order valence-electron chi connectivity index (χ2n) is 11.8. The van der Waals surface area contributed by atoms with E-state index in [1.54, 1.807) is 0 Å². The third-order valence-corrected chi connectivity index (χ3v) is 10.7. The van der Waals surface area contributed by atoms with Crippen molar-refractivity contribution < 1.29 is 20.1 Å². The van der Waals surface area contributed by atoms with Crippen molar-refractivity contribution in [2.24, 2.45) is 52.3 Å². The van der Waals surface area contributed by atoms with Gasteiger partial charge in [0.2, 0.25) is 0 Å². The largest absolute Gasteiger partial charge is 0.481 e. The van der Waals surface area contributed by atoms with E-state index in [0.29, 0.717) is 35.5 Å². The van der Waals surface area contributed by atoms with E-state index in [9.17, 15) is 15.0 Å². The molecule has 0 aromatic heterocycles. The Morgan fingerprint density at radius 1 is 1.00 bits per heavy atom. The first-order chi connectivity index (χ1) is 13.6. The van der Waals surface area contributed by atoms with Gasteiger partial charge in [0.15, 0.2) is 0 Å². The van der Waals surface area contributed by atoms with Crippen molar-refractivity contribution in [3.63, 3.8) is 0 Å². The van der Waals surface area contributed by atoms with E-state index >= 15 is 0 Å². The number of carboxylic acid groups (broad SMARTS) is 1. The molecule has 0 saturated heterocycles. The SMILES string of the molecule is CC(CCC(=O)O)[C@H]1CCC2C3C(O)[C@H](C)[C@@H]4C[C@H](O)CC[C@]4(C)C3CC[C@@]21C. The molecule has 3 N–H and O–H groups in total. The zero-order valence-electron chi connectivity index (χ0n) is 18.8. The van der Waals surface area contributed by atoms with Crippen molar-refractivity contribution in [3.05, 3.63) is 0 Å². The van der Waals surface area contributed by atoms with Crippen molar-refractivity contribution in [1.29, 1.82) is 0 Å². The molecule has 0 aliphatic heterocycles. The first kappa shape index (κ1) is 21.6. The summed E-state index contributed by atoms with van der Waals surface area (Å²) in [6.07, 6.45) is 8.22. The van der Waals surface area contributed by atoms with Gasteiger partial charge in [0, 0.05) is 6.42 Å². The Bertz CT molecular complexity index is 634. The van der Waals surface area contributed by atoms with Crippen molar-refractivity contribution >= 4 is 5.97 Å². The number of carbonyl (C=O) groups is 1.